The molecule has 0 radical (unpaired) electrons. The van der Waals surface area contributed by atoms with Crippen LogP contribution in [-0.4, -0.2) is 47.2 Å². The zero-order valence-electron chi connectivity index (χ0n) is 19.2. The molecule has 0 aromatic heterocycles. The second-order valence-electron chi connectivity index (χ2n) is 10.6. The summed E-state index contributed by atoms with van der Waals surface area (Å²) < 4.78 is 0. The van der Waals surface area contributed by atoms with Gasteiger partial charge in [0.25, 0.3) is 0 Å². The number of ketones is 2. The monoisotopic (exact) mass is 462 g/mol. The van der Waals surface area contributed by atoms with Gasteiger partial charge in [0, 0.05) is 5.56 Å². The summed E-state index contributed by atoms with van der Waals surface area (Å²) in [5, 5.41) is 33.8. The van der Waals surface area contributed by atoms with Crippen LogP contribution in [0.25, 0.3) is 0 Å². The minimum Gasteiger partial charge on any atom is -0.507 e. The zero-order valence-corrected chi connectivity index (χ0v) is 20.2. The fourth-order valence-electron chi connectivity index (χ4n) is 6.36. The van der Waals surface area contributed by atoms with Crippen molar-refractivity contribution in [3.63, 3.8) is 0 Å². The largest absolute Gasteiger partial charge is 0.507 e. The summed E-state index contributed by atoms with van der Waals surface area (Å²) in [6.45, 7) is 6.95. The number of rotatable bonds is 2. The molecule has 5 nitrogen and oxygen atoms in total. The van der Waals surface area contributed by atoms with Crippen LogP contribution in [0.4, 0.5) is 0 Å². The van der Waals surface area contributed by atoms with E-state index in [1.165, 1.54) is 11.3 Å². The van der Waals surface area contributed by atoms with Crippen LogP contribution in [0.5, 0.6) is 5.75 Å². The summed E-state index contributed by atoms with van der Waals surface area (Å²) in [7, 11) is -1.98. The summed E-state index contributed by atoms with van der Waals surface area (Å²) >= 11 is 0. The second-order valence-corrected chi connectivity index (χ2v) is 15.7. The van der Waals surface area contributed by atoms with Gasteiger partial charge in [-0.15, -0.1) is 0 Å². The minimum absolute atomic E-state index is 0.0303. The highest BCUT2D eigenvalue weighted by Gasteiger charge is 2.57. The Bertz CT molecular complexity index is 1180. The molecule has 0 aliphatic heterocycles. The predicted molar refractivity (Wildman–Crippen MR) is 129 cm³/mol. The summed E-state index contributed by atoms with van der Waals surface area (Å²) in [5.41, 5.74) is 1.74. The van der Waals surface area contributed by atoms with E-state index in [4.69, 9.17) is 0 Å². The molecule has 3 N–H and O–H groups in total. The maximum absolute atomic E-state index is 13.6. The quantitative estimate of drug-likeness (QED) is 0.468. The van der Waals surface area contributed by atoms with Crippen molar-refractivity contribution in [3.05, 3.63) is 70.8 Å². The molecule has 0 heterocycles. The maximum atomic E-state index is 13.6. The lowest BCUT2D eigenvalue weighted by atomic mass is 9.59. The molecule has 2 aromatic carbocycles. The molecule has 0 saturated carbocycles. The second kappa shape index (κ2) is 7.48. The van der Waals surface area contributed by atoms with E-state index in [1.807, 2.05) is 6.07 Å². The van der Waals surface area contributed by atoms with Crippen molar-refractivity contribution in [2.24, 2.45) is 11.8 Å². The Kier molecular flexibility index (Phi) is 5.05. The molecule has 0 unspecified atom stereocenters. The molecule has 0 amide bonds. The van der Waals surface area contributed by atoms with Gasteiger partial charge in [-0.3, -0.25) is 9.59 Å². The van der Waals surface area contributed by atoms with Gasteiger partial charge in [-0.1, -0.05) is 73.2 Å². The van der Waals surface area contributed by atoms with Gasteiger partial charge in [-0.2, -0.15) is 0 Å². The average molecular weight is 463 g/mol. The van der Waals surface area contributed by atoms with E-state index in [1.54, 1.807) is 12.1 Å². The Hall–Kier alpha value is -2.54. The van der Waals surface area contributed by atoms with Gasteiger partial charge >= 0.3 is 0 Å². The summed E-state index contributed by atoms with van der Waals surface area (Å²) in [6, 6.07) is 15.0. The smallest absolute Gasteiger partial charge is 0.174 e. The number of carbonyl (C=O) groups is 2. The molecule has 5 rings (SSSR count). The number of carbonyl (C=O) groups excluding carboxylic acids is 2. The Morgan fingerprint density at radius 2 is 1.64 bits per heavy atom. The molecule has 0 spiro atoms. The number of aliphatic hydroxyl groups excluding tert-OH is 2. The first-order chi connectivity index (χ1) is 15.6. The molecule has 6 heteroatoms. The van der Waals surface area contributed by atoms with Crippen molar-refractivity contribution < 1.29 is 24.9 Å². The standard InChI is InChI=1S/C27H30O5Si/c1-27(33(2,3)15-8-5-4-6-9-15)13-12-16-18(14-27)24(30)26(32)22-21(16)23(29)17-10-7-11-19(28)20(17)25(22)31/h4-11,21-22,24,26,28,30,32H,12-14H2,1-3H3/t21-,22+,24-,26-,27+/m1/s1. The molecule has 3 aliphatic rings. The number of aromatic hydroxyl groups is 1. The Morgan fingerprint density at radius 3 is 2.33 bits per heavy atom. The van der Waals surface area contributed by atoms with Crippen molar-refractivity contribution in [2.45, 2.75) is 56.5 Å². The van der Waals surface area contributed by atoms with E-state index < -0.39 is 37.9 Å². The fraction of sp³-hybridized carbons (Fsp3) is 0.407. The number of allylic oxidation sites excluding steroid dienone is 1. The van der Waals surface area contributed by atoms with Crippen LogP contribution in [0, 0.1) is 11.8 Å². The van der Waals surface area contributed by atoms with Crippen LogP contribution in [0.2, 0.25) is 18.1 Å². The first-order valence-electron chi connectivity index (χ1n) is 11.6. The molecule has 33 heavy (non-hydrogen) atoms. The van der Waals surface area contributed by atoms with E-state index in [-0.39, 0.29) is 27.7 Å². The number of aliphatic hydroxyl groups is 2. The van der Waals surface area contributed by atoms with Crippen LogP contribution in [0.15, 0.2) is 59.7 Å². The third-order valence-corrected chi connectivity index (χ3v) is 14.1. The summed E-state index contributed by atoms with van der Waals surface area (Å²) in [5.74, 6) is -2.79. The molecular formula is C27H30O5Si. The van der Waals surface area contributed by atoms with E-state index in [9.17, 15) is 24.9 Å². The van der Waals surface area contributed by atoms with Gasteiger partial charge in [-0.05, 0) is 35.9 Å². The van der Waals surface area contributed by atoms with Gasteiger partial charge in [0.2, 0.25) is 0 Å². The Morgan fingerprint density at radius 1 is 0.939 bits per heavy atom. The maximum Gasteiger partial charge on any atom is 0.174 e. The van der Waals surface area contributed by atoms with Crippen LogP contribution >= 0.6 is 0 Å². The van der Waals surface area contributed by atoms with Gasteiger partial charge in [0.05, 0.1) is 31.6 Å². The highest BCUT2D eigenvalue weighted by molar-refractivity contribution is 6.92. The molecule has 172 valence electrons. The van der Waals surface area contributed by atoms with Crippen molar-refractivity contribution in [3.8, 4) is 5.75 Å². The predicted octanol–water partition coefficient (Wildman–Crippen LogP) is 3.60. The van der Waals surface area contributed by atoms with Crippen LogP contribution in [0.1, 0.15) is 46.9 Å². The van der Waals surface area contributed by atoms with Gasteiger partial charge in [0.1, 0.15) is 11.9 Å². The third kappa shape index (κ3) is 3.04. The highest BCUT2D eigenvalue weighted by Crippen LogP contribution is 2.57. The van der Waals surface area contributed by atoms with Crippen molar-refractivity contribution in [1.29, 1.82) is 0 Å². The van der Waals surface area contributed by atoms with Crippen LogP contribution < -0.4 is 5.19 Å². The summed E-state index contributed by atoms with van der Waals surface area (Å²) in [6.07, 6.45) is -0.479. The molecule has 3 aliphatic carbocycles. The number of phenols is 1. The number of hydrogen-bond acceptors (Lipinski definition) is 5. The number of benzene rings is 2. The number of phenolic OH excluding ortho intramolecular Hbond substituents is 1. The highest BCUT2D eigenvalue weighted by atomic mass is 28.3. The topological polar surface area (TPSA) is 94.8 Å². The van der Waals surface area contributed by atoms with E-state index in [2.05, 4.69) is 44.3 Å². The molecule has 0 fully saturated rings. The average Bonchev–Trinajstić information content (AvgIpc) is 2.80. The third-order valence-electron chi connectivity index (χ3n) is 8.87. The normalized spacial score (nSPS) is 31.7. The lowest BCUT2D eigenvalue weighted by molar-refractivity contribution is -0.0195. The molecular weight excluding hydrogens is 432 g/mol. The molecule has 0 saturated heterocycles. The molecule has 2 aromatic rings. The number of fused-ring (bicyclic) bond motifs is 3. The van der Waals surface area contributed by atoms with E-state index in [0.29, 0.717) is 12.8 Å². The first-order valence-corrected chi connectivity index (χ1v) is 14.6. The van der Waals surface area contributed by atoms with Crippen molar-refractivity contribution in [1.82, 2.24) is 0 Å². The Labute approximate surface area is 194 Å². The minimum atomic E-state index is -1.98. The van der Waals surface area contributed by atoms with Crippen molar-refractivity contribution in [2.75, 3.05) is 0 Å². The van der Waals surface area contributed by atoms with Crippen LogP contribution in [-0.2, 0) is 0 Å². The van der Waals surface area contributed by atoms with E-state index in [0.717, 1.165) is 17.6 Å². The first kappa shape index (κ1) is 22.3. The molecule has 0 bridgehead atoms. The van der Waals surface area contributed by atoms with Gasteiger partial charge in [-0.25, -0.2) is 0 Å². The molecule has 5 atom stereocenters. The van der Waals surface area contributed by atoms with E-state index >= 15 is 0 Å². The lowest BCUT2D eigenvalue weighted by Gasteiger charge is -2.52. The van der Waals surface area contributed by atoms with Gasteiger partial charge < -0.3 is 15.3 Å². The number of Topliss-reactive ketones (excluding diaryl/α,β-unsaturated/α-hetero) is 2. The zero-order chi connectivity index (χ0) is 23.7. The Balaban J connectivity index is 1.60. The lowest BCUT2D eigenvalue weighted by Crippen LogP contribution is -2.57. The summed E-state index contributed by atoms with van der Waals surface area (Å²) in [4.78, 5) is 26.9. The van der Waals surface area contributed by atoms with Crippen LogP contribution in [0.3, 0.4) is 0 Å². The fourth-order valence-corrected chi connectivity index (χ4v) is 9.47. The SMILES string of the molecule is C[C@]1([Si](C)(C)c2ccccc2)CCC2=C(C1)[C@@H](O)[C@H](O)[C@@H]1C(=O)c3c(O)cccc3C(=O)[C@H]21. The number of hydrogen-bond donors (Lipinski definition) is 3. The van der Waals surface area contributed by atoms with Crippen molar-refractivity contribution >= 4 is 24.8 Å². The van der Waals surface area contributed by atoms with Gasteiger partial charge in [0.15, 0.2) is 11.6 Å².